The van der Waals surface area contributed by atoms with Crippen molar-refractivity contribution >= 4 is 30.2 Å². The first-order chi connectivity index (χ1) is 10.8. The van der Waals surface area contributed by atoms with E-state index in [4.69, 9.17) is 5.14 Å². The van der Waals surface area contributed by atoms with Crippen LogP contribution in [-0.2, 0) is 20.1 Å². The molecular weight excluding hydrogens is 458 g/mol. The molecule has 0 atom stereocenters. The Hall–Kier alpha value is -1.67. The fraction of sp³-hybridized carbons (Fsp3) is 0.0556. The number of rotatable bonds is 1. The Kier molecular flexibility index (Phi) is 4.81. The molecule has 2 heterocycles. The molecule has 0 fully saturated rings. The van der Waals surface area contributed by atoms with Crippen LogP contribution in [0.4, 0.5) is 0 Å². The van der Waals surface area contributed by atoms with E-state index in [-0.39, 0.29) is 33.8 Å². The average molecular weight is 473 g/mol. The van der Waals surface area contributed by atoms with Gasteiger partial charge in [-0.25, -0.2) is 0 Å². The Bertz CT molecular complexity index is 811. The molecule has 23 heavy (non-hydrogen) atoms. The smallest absolute Gasteiger partial charge is 0.107 e. The van der Waals surface area contributed by atoms with Crippen LogP contribution in [0, 0.1) is 0 Å². The number of aromatic nitrogens is 1. The van der Waals surface area contributed by atoms with Gasteiger partial charge in [-0.15, -0.1) is 6.82 Å². The Balaban J connectivity index is 0.00000156. The number of fused-ring (bicyclic) bond motifs is 3. The molecule has 0 amide bonds. The van der Waals surface area contributed by atoms with Gasteiger partial charge in [-0.05, 0) is 22.8 Å². The SMILES string of the molecule is CB1[N-]B(c2ccccn2)c2ccccc2-c2ccccc21.[Ir]. The monoisotopic (exact) mass is 474 g/mol. The zero-order chi connectivity index (χ0) is 14.9. The summed E-state index contributed by atoms with van der Waals surface area (Å²) in [6.45, 7) is 2.30. The fourth-order valence-corrected chi connectivity index (χ4v) is 3.24. The molecule has 1 aliphatic rings. The zero-order valence-electron chi connectivity index (χ0n) is 12.8. The summed E-state index contributed by atoms with van der Waals surface area (Å²) < 4.78 is 0. The fourth-order valence-electron chi connectivity index (χ4n) is 3.24. The van der Waals surface area contributed by atoms with Gasteiger partial charge in [0.2, 0.25) is 0 Å². The van der Waals surface area contributed by atoms with Crippen LogP contribution in [0.2, 0.25) is 6.82 Å². The van der Waals surface area contributed by atoms with Gasteiger partial charge in [0.1, 0.15) is 6.85 Å². The van der Waals surface area contributed by atoms with Crippen molar-refractivity contribution in [3.8, 4) is 11.1 Å². The summed E-state index contributed by atoms with van der Waals surface area (Å²) in [6.07, 6.45) is 1.84. The molecule has 1 aliphatic heterocycles. The van der Waals surface area contributed by atoms with Gasteiger partial charge in [0.05, 0.1) is 0 Å². The normalized spacial score (nSPS) is 12.7. The molecule has 0 aliphatic carbocycles. The minimum absolute atomic E-state index is 0. The van der Waals surface area contributed by atoms with Crippen molar-refractivity contribution in [2.45, 2.75) is 6.82 Å². The molecule has 0 saturated heterocycles. The van der Waals surface area contributed by atoms with Crippen molar-refractivity contribution in [1.29, 1.82) is 0 Å². The van der Waals surface area contributed by atoms with E-state index < -0.39 is 0 Å². The van der Waals surface area contributed by atoms with Crippen LogP contribution < -0.4 is 16.5 Å². The topological polar surface area (TPSA) is 27.0 Å². The second-order valence-corrected chi connectivity index (χ2v) is 5.66. The van der Waals surface area contributed by atoms with Gasteiger partial charge >= 0.3 is 0 Å². The van der Waals surface area contributed by atoms with Gasteiger partial charge in [-0.3, -0.25) is 4.98 Å². The first kappa shape index (κ1) is 16.2. The third-order valence-corrected chi connectivity index (χ3v) is 4.30. The summed E-state index contributed by atoms with van der Waals surface area (Å²) in [4.78, 5) is 4.55. The molecule has 1 aromatic heterocycles. The van der Waals surface area contributed by atoms with Crippen LogP contribution in [0.3, 0.4) is 0 Å². The number of benzene rings is 2. The summed E-state index contributed by atoms with van der Waals surface area (Å²) in [5, 5.41) is 5.07. The summed E-state index contributed by atoms with van der Waals surface area (Å²) >= 11 is 0. The van der Waals surface area contributed by atoms with Crippen molar-refractivity contribution in [3.05, 3.63) is 78.1 Å². The van der Waals surface area contributed by atoms with Crippen LogP contribution in [0.1, 0.15) is 0 Å². The molecule has 0 unspecified atom stereocenters. The standard InChI is InChI=1S/C18H15B2N2.Ir/c1-19-16-10-4-2-8-14(16)15-9-3-5-11-17(15)20(22-19)18-12-6-7-13-21-18;/h2-13H,1H3;/q-1;. The van der Waals surface area contributed by atoms with Gasteiger partial charge < -0.3 is 5.14 Å². The number of hydrogen-bond acceptors (Lipinski definition) is 1. The van der Waals surface area contributed by atoms with Gasteiger partial charge in [0.15, 0.2) is 0 Å². The quantitative estimate of drug-likeness (QED) is 0.498. The minimum atomic E-state index is -0.0141. The summed E-state index contributed by atoms with van der Waals surface area (Å²) in [7, 11) is 0. The van der Waals surface area contributed by atoms with Gasteiger partial charge in [0.25, 0.3) is 0 Å². The molecular formula is C18H15B2IrN2-. The van der Waals surface area contributed by atoms with Crippen molar-refractivity contribution in [3.63, 3.8) is 0 Å². The zero-order valence-corrected chi connectivity index (χ0v) is 15.2. The Morgan fingerprint density at radius 1 is 0.783 bits per heavy atom. The molecule has 0 bridgehead atoms. The van der Waals surface area contributed by atoms with E-state index in [1.807, 2.05) is 18.3 Å². The third kappa shape index (κ3) is 2.92. The average Bonchev–Trinajstić information content (AvgIpc) is 2.72. The van der Waals surface area contributed by atoms with E-state index in [2.05, 4.69) is 66.4 Å². The second kappa shape index (κ2) is 6.84. The van der Waals surface area contributed by atoms with E-state index in [9.17, 15) is 0 Å². The molecule has 113 valence electrons. The molecule has 2 nitrogen and oxygen atoms in total. The molecule has 4 rings (SSSR count). The van der Waals surface area contributed by atoms with Crippen LogP contribution in [0.5, 0.6) is 0 Å². The number of hydrogen-bond donors (Lipinski definition) is 0. The Morgan fingerprint density at radius 2 is 1.39 bits per heavy atom. The minimum Gasteiger partial charge on any atom is -0.696 e. The first-order valence-electron chi connectivity index (χ1n) is 7.63. The van der Waals surface area contributed by atoms with E-state index in [1.165, 1.54) is 22.1 Å². The van der Waals surface area contributed by atoms with Gasteiger partial charge in [0, 0.05) is 33.1 Å². The largest absolute Gasteiger partial charge is 0.696 e. The van der Waals surface area contributed by atoms with E-state index >= 15 is 0 Å². The molecule has 3 aromatic rings. The van der Waals surface area contributed by atoms with Crippen molar-refractivity contribution < 1.29 is 20.1 Å². The maximum Gasteiger partial charge on any atom is 0.107 e. The third-order valence-electron chi connectivity index (χ3n) is 4.30. The Morgan fingerprint density at radius 3 is 2.09 bits per heavy atom. The first-order valence-corrected chi connectivity index (χ1v) is 7.63. The van der Waals surface area contributed by atoms with Gasteiger partial charge in [-0.2, -0.15) is 0 Å². The number of nitrogens with zero attached hydrogens (tertiary/aromatic N) is 2. The van der Waals surface area contributed by atoms with Crippen LogP contribution in [0.25, 0.3) is 16.3 Å². The molecule has 0 spiro atoms. The summed E-state index contributed by atoms with van der Waals surface area (Å²) in [5.74, 6) is 0. The Labute approximate surface area is 151 Å². The molecule has 0 saturated carbocycles. The molecule has 2 aromatic carbocycles. The van der Waals surface area contributed by atoms with Gasteiger partial charge in [-0.1, -0.05) is 71.6 Å². The number of pyridine rings is 1. The van der Waals surface area contributed by atoms with Crippen molar-refractivity contribution in [1.82, 2.24) is 4.98 Å². The predicted octanol–water partition coefficient (Wildman–Crippen LogP) is 2.07. The van der Waals surface area contributed by atoms with E-state index in [1.54, 1.807) is 0 Å². The van der Waals surface area contributed by atoms with Crippen LogP contribution >= 0.6 is 0 Å². The molecule has 5 heteroatoms. The second-order valence-electron chi connectivity index (χ2n) is 5.66. The van der Waals surface area contributed by atoms with Crippen LogP contribution in [-0.4, -0.2) is 18.7 Å². The van der Waals surface area contributed by atoms with Crippen molar-refractivity contribution in [2.24, 2.45) is 0 Å². The maximum absolute atomic E-state index is 5.07. The predicted molar refractivity (Wildman–Crippen MR) is 95.7 cm³/mol. The van der Waals surface area contributed by atoms with Crippen LogP contribution in [0.15, 0.2) is 72.9 Å². The molecule has 0 N–H and O–H groups in total. The van der Waals surface area contributed by atoms with E-state index in [0.29, 0.717) is 0 Å². The maximum atomic E-state index is 5.07. The summed E-state index contributed by atoms with van der Waals surface area (Å²) in [6, 6.07) is 23.2. The van der Waals surface area contributed by atoms with Crippen molar-refractivity contribution in [2.75, 3.05) is 0 Å². The molecule has 1 radical (unpaired) electrons. The van der Waals surface area contributed by atoms with E-state index in [0.717, 1.165) is 5.59 Å². The summed E-state index contributed by atoms with van der Waals surface area (Å²) in [5.41, 5.74) is 6.08.